The lowest BCUT2D eigenvalue weighted by Gasteiger charge is -2.20. The van der Waals surface area contributed by atoms with Gasteiger partial charge in [-0.3, -0.25) is 14.4 Å². The third-order valence-electron chi connectivity index (χ3n) is 4.36. The number of anilines is 3. The molecule has 0 aliphatic carbocycles. The van der Waals surface area contributed by atoms with E-state index in [1.807, 2.05) is 32.0 Å². The van der Waals surface area contributed by atoms with Crippen molar-refractivity contribution >= 4 is 34.8 Å². The van der Waals surface area contributed by atoms with Crippen molar-refractivity contribution in [2.75, 3.05) is 15.5 Å². The topological polar surface area (TPSA) is 78.5 Å². The van der Waals surface area contributed by atoms with Crippen molar-refractivity contribution in [3.8, 4) is 0 Å². The summed E-state index contributed by atoms with van der Waals surface area (Å²) in [5, 5.41) is 5.80. The van der Waals surface area contributed by atoms with E-state index in [9.17, 15) is 14.4 Å². The fourth-order valence-corrected chi connectivity index (χ4v) is 3.19. The van der Waals surface area contributed by atoms with Gasteiger partial charge in [-0.25, -0.2) is 4.90 Å². The molecule has 1 aliphatic rings. The van der Waals surface area contributed by atoms with Gasteiger partial charge in [-0.15, -0.1) is 0 Å². The van der Waals surface area contributed by atoms with Crippen LogP contribution in [0.25, 0.3) is 0 Å². The minimum atomic E-state index is -0.604. The van der Waals surface area contributed by atoms with Crippen LogP contribution in [0.2, 0.25) is 0 Å². The van der Waals surface area contributed by atoms with Crippen molar-refractivity contribution < 1.29 is 14.4 Å². The first kappa shape index (κ1) is 17.7. The Balaban J connectivity index is 1.78. The Morgan fingerprint density at radius 3 is 2.15 bits per heavy atom. The molecule has 1 aliphatic heterocycles. The number of nitrogens with one attached hydrogen (secondary N) is 2. The van der Waals surface area contributed by atoms with Crippen LogP contribution in [0.1, 0.15) is 24.5 Å². The van der Waals surface area contributed by atoms with Crippen molar-refractivity contribution in [3.63, 3.8) is 0 Å². The SMILES string of the molecule is CC(=O)Nc1ccc(N[C@H]2CC(=O)N(c3c(C)cccc3C)C2=O)cc1. The minimum Gasteiger partial charge on any atom is -0.373 e. The zero-order chi connectivity index (χ0) is 18.8. The van der Waals surface area contributed by atoms with E-state index in [0.29, 0.717) is 17.1 Å². The number of rotatable bonds is 4. The summed E-state index contributed by atoms with van der Waals surface area (Å²) in [5.41, 5.74) is 3.86. The van der Waals surface area contributed by atoms with E-state index in [0.717, 1.165) is 11.1 Å². The van der Waals surface area contributed by atoms with Gasteiger partial charge in [-0.1, -0.05) is 18.2 Å². The van der Waals surface area contributed by atoms with E-state index < -0.39 is 6.04 Å². The first-order valence-electron chi connectivity index (χ1n) is 8.44. The second-order valence-electron chi connectivity index (χ2n) is 6.47. The molecular weight excluding hydrogens is 330 g/mol. The number of hydrogen-bond donors (Lipinski definition) is 2. The molecule has 1 heterocycles. The van der Waals surface area contributed by atoms with E-state index in [4.69, 9.17) is 0 Å². The van der Waals surface area contributed by atoms with Crippen LogP contribution in [0.4, 0.5) is 17.1 Å². The Kier molecular flexibility index (Phi) is 4.75. The highest BCUT2D eigenvalue weighted by molar-refractivity contribution is 6.23. The van der Waals surface area contributed by atoms with Gasteiger partial charge in [0.1, 0.15) is 6.04 Å². The lowest BCUT2D eigenvalue weighted by molar-refractivity contribution is -0.121. The van der Waals surface area contributed by atoms with Gasteiger partial charge in [0.15, 0.2) is 0 Å². The lowest BCUT2D eigenvalue weighted by atomic mass is 10.1. The zero-order valence-corrected chi connectivity index (χ0v) is 15.0. The normalized spacial score (nSPS) is 16.7. The van der Waals surface area contributed by atoms with Crippen LogP contribution in [0.5, 0.6) is 0 Å². The summed E-state index contributed by atoms with van der Waals surface area (Å²) in [6, 6.07) is 12.1. The van der Waals surface area contributed by atoms with Crippen LogP contribution in [-0.4, -0.2) is 23.8 Å². The van der Waals surface area contributed by atoms with Gasteiger partial charge in [0.25, 0.3) is 5.91 Å². The number of hydrogen-bond acceptors (Lipinski definition) is 4. The van der Waals surface area contributed by atoms with E-state index in [-0.39, 0.29) is 24.1 Å². The molecule has 2 aromatic carbocycles. The van der Waals surface area contributed by atoms with Crippen molar-refractivity contribution in [1.82, 2.24) is 0 Å². The summed E-state index contributed by atoms with van der Waals surface area (Å²) < 4.78 is 0. The smallest absolute Gasteiger partial charge is 0.256 e. The molecule has 0 spiro atoms. The first-order chi connectivity index (χ1) is 12.4. The summed E-state index contributed by atoms with van der Waals surface area (Å²) in [6.45, 7) is 5.23. The Labute approximate surface area is 152 Å². The molecule has 3 amide bonds. The maximum atomic E-state index is 12.8. The average molecular weight is 351 g/mol. The number of para-hydroxylation sites is 1. The molecule has 2 aromatic rings. The van der Waals surface area contributed by atoms with Gasteiger partial charge < -0.3 is 10.6 Å². The molecule has 0 saturated carbocycles. The van der Waals surface area contributed by atoms with Crippen LogP contribution in [0.15, 0.2) is 42.5 Å². The Bertz CT molecular complexity index is 854. The van der Waals surface area contributed by atoms with E-state index >= 15 is 0 Å². The highest BCUT2D eigenvalue weighted by Crippen LogP contribution is 2.30. The van der Waals surface area contributed by atoms with Crippen LogP contribution >= 0.6 is 0 Å². The molecule has 3 rings (SSSR count). The standard InChI is InChI=1S/C20H21N3O3/c1-12-5-4-6-13(2)19(12)23-18(25)11-17(20(23)26)22-16-9-7-15(8-10-16)21-14(3)24/h4-10,17,22H,11H2,1-3H3,(H,21,24)/t17-/m0/s1. The number of nitrogens with zero attached hydrogens (tertiary/aromatic N) is 1. The summed E-state index contributed by atoms with van der Waals surface area (Å²) in [4.78, 5) is 37.7. The molecule has 0 aromatic heterocycles. The van der Waals surface area contributed by atoms with E-state index in [1.54, 1.807) is 24.3 Å². The van der Waals surface area contributed by atoms with E-state index in [1.165, 1.54) is 11.8 Å². The van der Waals surface area contributed by atoms with Gasteiger partial charge in [0, 0.05) is 18.3 Å². The second kappa shape index (κ2) is 7.00. The second-order valence-corrected chi connectivity index (χ2v) is 6.47. The Hall–Kier alpha value is -3.15. The number of imide groups is 1. The van der Waals surface area contributed by atoms with Crippen molar-refractivity contribution in [1.29, 1.82) is 0 Å². The quantitative estimate of drug-likeness (QED) is 0.830. The fraction of sp³-hybridized carbons (Fsp3) is 0.250. The molecule has 26 heavy (non-hydrogen) atoms. The Morgan fingerprint density at radius 1 is 1.00 bits per heavy atom. The molecule has 6 nitrogen and oxygen atoms in total. The third kappa shape index (κ3) is 3.44. The van der Waals surface area contributed by atoms with Gasteiger partial charge in [-0.2, -0.15) is 0 Å². The summed E-state index contributed by atoms with van der Waals surface area (Å²) in [5.74, 6) is -0.607. The summed E-state index contributed by atoms with van der Waals surface area (Å²) >= 11 is 0. The number of amides is 3. The molecule has 1 saturated heterocycles. The Morgan fingerprint density at radius 2 is 1.58 bits per heavy atom. The largest absolute Gasteiger partial charge is 0.373 e. The molecule has 1 atom stereocenters. The molecule has 134 valence electrons. The summed E-state index contributed by atoms with van der Waals surface area (Å²) in [7, 11) is 0. The molecule has 1 fully saturated rings. The average Bonchev–Trinajstić information content (AvgIpc) is 2.84. The monoisotopic (exact) mass is 351 g/mol. The maximum absolute atomic E-state index is 12.8. The maximum Gasteiger partial charge on any atom is 0.256 e. The molecule has 6 heteroatoms. The summed E-state index contributed by atoms with van der Waals surface area (Å²) in [6.07, 6.45) is 0.111. The zero-order valence-electron chi connectivity index (χ0n) is 15.0. The molecule has 2 N–H and O–H groups in total. The molecular formula is C20H21N3O3. The van der Waals surface area contributed by atoms with Crippen LogP contribution in [0, 0.1) is 13.8 Å². The highest BCUT2D eigenvalue weighted by atomic mass is 16.2. The number of carbonyl (C=O) groups excluding carboxylic acids is 3. The van der Waals surface area contributed by atoms with Crippen LogP contribution in [-0.2, 0) is 14.4 Å². The predicted molar refractivity (Wildman–Crippen MR) is 101 cm³/mol. The predicted octanol–water partition coefficient (Wildman–Crippen LogP) is 3.01. The number of aryl methyl sites for hydroxylation is 2. The lowest BCUT2D eigenvalue weighted by Crippen LogP contribution is -2.35. The first-order valence-corrected chi connectivity index (χ1v) is 8.44. The van der Waals surface area contributed by atoms with Gasteiger partial charge in [0.05, 0.1) is 12.1 Å². The highest BCUT2D eigenvalue weighted by Gasteiger charge is 2.40. The van der Waals surface area contributed by atoms with Gasteiger partial charge >= 0.3 is 0 Å². The van der Waals surface area contributed by atoms with Crippen LogP contribution < -0.4 is 15.5 Å². The third-order valence-corrected chi connectivity index (χ3v) is 4.36. The minimum absolute atomic E-state index is 0.111. The molecule has 0 unspecified atom stereocenters. The molecule has 0 radical (unpaired) electrons. The van der Waals surface area contributed by atoms with Crippen molar-refractivity contribution in [2.45, 2.75) is 33.2 Å². The van der Waals surface area contributed by atoms with Gasteiger partial charge in [-0.05, 0) is 49.2 Å². The fourth-order valence-electron chi connectivity index (χ4n) is 3.19. The van der Waals surface area contributed by atoms with E-state index in [2.05, 4.69) is 10.6 Å². The number of carbonyl (C=O) groups is 3. The van der Waals surface area contributed by atoms with Crippen LogP contribution in [0.3, 0.4) is 0 Å². The van der Waals surface area contributed by atoms with Gasteiger partial charge in [0.2, 0.25) is 11.8 Å². The number of benzene rings is 2. The van der Waals surface area contributed by atoms with Crippen molar-refractivity contribution in [3.05, 3.63) is 53.6 Å². The van der Waals surface area contributed by atoms with Crippen molar-refractivity contribution in [2.24, 2.45) is 0 Å². The molecule has 0 bridgehead atoms.